The van der Waals surface area contributed by atoms with Crippen molar-refractivity contribution in [1.82, 2.24) is 10.2 Å². The van der Waals surface area contributed by atoms with Gasteiger partial charge in [-0.1, -0.05) is 59.9 Å². The SMILES string of the molecule is CC[C@@H](C(=O)NC(C)(C)C)N(Cc1ccc(Cl)cc1Cl)C(=O)CSCc1cccc(Cl)c1. The number of amides is 2. The van der Waals surface area contributed by atoms with Crippen molar-refractivity contribution in [2.75, 3.05) is 5.75 Å². The van der Waals surface area contributed by atoms with E-state index in [1.54, 1.807) is 23.1 Å². The number of nitrogens with zero attached hydrogens (tertiary/aromatic N) is 1. The summed E-state index contributed by atoms with van der Waals surface area (Å²) in [6, 6.07) is 12.1. The van der Waals surface area contributed by atoms with E-state index in [-0.39, 0.29) is 24.1 Å². The lowest BCUT2D eigenvalue weighted by Crippen LogP contribution is -2.53. The Morgan fingerprint density at radius 1 is 1.06 bits per heavy atom. The van der Waals surface area contributed by atoms with E-state index >= 15 is 0 Å². The van der Waals surface area contributed by atoms with Crippen molar-refractivity contribution in [1.29, 1.82) is 0 Å². The van der Waals surface area contributed by atoms with Gasteiger partial charge in [0.05, 0.1) is 5.75 Å². The number of nitrogens with one attached hydrogen (secondary N) is 1. The number of hydrogen-bond acceptors (Lipinski definition) is 3. The van der Waals surface area contributed by atoms with Crippen molar-refractivity contribution in [3.63, 3.8) is 0 Å². The second-order valence-corrected chi connectivity index (χ2v) is 10.8. The van der Waals surface area contributed by atoms with Crippen molar-refractivity contribution in [2.45, 2.75) is 58.0 Å². The Morgan fingerprint density at radius 3 is 2.34 bits per heavy atom. The molecule has 174 valence electrons. The number of carbonyl (C=O) groups excluding carboxylic acids is 2. The van der Waals surface area contributed by atoms with Crippen LogP contribution in [-0.2, 0) is 21.9 Å². The molecule has 2 amide bonds. The molecule has 0 aliphatic carbocycles. The molecule has 0 spiro atoms. The van der Waals surface area contributed by atoms with Crippen molar-refractivity contribution >= 4 is 58.4 Å². The molecule has 2 rings (SSSR count). The molecule has 0 aliphatic rings. The molecule has 32 heavy (non-hydrogen) atoms. The predicted octanol–water partition coefficient (Wildman–Crippen LogP) is 6.60. The molecule has 1 N–H and O–H groups in total. The number of rotatable bonds is 9. The topological polar surface area (TPSA) is 49.4 Å². The van der Waals surface area contributed by atoms with E-state index in [0.29, 0.717) is 27.2 Å². The summed E-state index contributed by atoms with van der Waals surface area (Å²) in [6.45, 7) is 7.88. The number of halogens is 3. The van der Waals surface area contributed by atoms with Crippen LogP contribution in [0, 0.1) is 0 Å². The molecule has 8 heteroatoms. The average molecular weight is 516 g/mol. The molecule has 0 aromatic heterocycles. The minimum Gasteiger partial charge on any atom is -0.350 e. The van der Waals surface area contributed by atoms with Gasteiger partial charge < -0.3 is 10.2 Å². The highest BCUT2D eigenvalue weighted by Crippen LogP contribution is 2.25. The van der Waals surface area contributed by atoms with Crippen LogP contribution >= 0.6 is 46.6 Å². The smallest absolute Gasteiger partial charge is 0.243 e. The highest BCUT2D eigenvalue weighted by atomic mass is 35.5. The van der Waals surface area contributed by atoms with E-state index in [1.165, 1.54) is 11.8 Å². The predicted molar refractivity (Wildman–Crippen MR) is 137 cm³/mol. The summed E-state index contributed by atoms with van der Waals surface area (Å²) in [5.41, 5.74) is 1.38. The molecular weight excluding hydrogens is 487 g/mol. The van der Waals surface area contributed by atoms with Crippen LogP contribution in [0.2, 0.25) is 15.1 Å². The largest absolute Gasteiger partial charge is 0.350 e. The van der Waals surface area contributed by atoms with E-state index in [0.717, 1.165) is 11.1 Å². The van der Waals surface area contributed by atoms with Gasteiger partial charge in [0, 0.05) is 32.9 Å². The molecule has 4 nitrogen and oxygen atoms in total. The summed E-state index contributed by atoms with van der Waals surface area (Å²) in [4.78, 5) is 27.9. The van der Waals surface area contributed by atoms with Gasteiger partial charge in [-0.15, -0.1) is 11.8 Å². The third kappa shape index (κ3) is 8.51. The first-order chi connectivity index (χ1) is 15.0. The van der Waals surface area contributed by atoms with Gasteiger partial charge in [0.25, 0.3) is 0 Å². The van der Waals surface area contributed by atoms with Gasteiger partial charge in [-0.25, -0.2) is 0 Å². The molecule has 0 unspecified atom stereocenters. The Bertz CT molecular complexity index is 947. The fraction of sp³-hybridized carbons (Fsp3) is 0.417. The van der Waals surface area contributed by atoms with Crippen LogP contribution in [-0.4, -0.2) is 34.0 Å². The van der Waals surface area contributed by atoms with Crippen LogP contribution in [0.4, 0.5) is 0 Å². The highest BCUT2D eigenvalue weighted by molar-refractivity contribution is 7.99. The minimum absolute atomic E-state index is 0.126. The van der Waals surface area contributed by atoms with Gasteiger partial charge in [0.2, 0.25) is 11.8 Å². The Labute approximate surface area is 210 Å². The monoisotopic (exact) mass is 514 g/mol. The van der Waals surface area contributed by atoms with Crippen LogP contribution < -0.4 is 5.32 Å². The number of hydrogen-bond donors (Lipinski definition) is 1. The third-order valence-corrected chi connectivity index (χ3v) is 6.43. The van der Waals surface area contributed by atoms with E-state index in [2.05, 4.69) is 5.32 Å². The molecule has 2 aromatic carbocycles. The van der Waals surface area contributed by atoms with Crippen LogP contribution in [0.25, 0.3) is 0 Å². The maximum atomic E-state index is 13.3. The zero-order valence-electron chi connectivity index (χ0n) is 18.8. The minimum atomic E-state index is -0.611. The third-order valence-electron chi connectivity index (χ3n) is 4.62. The van der Waals surface area contributed by atoms with Crippen molar-refractivity contribution in [3.8, 4) is 0 Å². The molecule has 0 heterocycles. The molecule has 0 aliphatic heterocycles. The average Bonchev–Trinajstić information content (AvgIpc) is 2.68. The van der Waals surface area contributed by atoms with Crippen LogP contribution in [0.3, 0.4) is 0 Å². The van der Waals surface area contributed by atoms with Gasteiger partial charge in [-0.3, -0.25) is 9.59 Å². The maximum Gasteiger partial charge on any atom is 0.243 e. The summed E-state index contributed by atoms with van der Waals surface area (Å²) in [5.74, 6) is 0.571. The molecule has 2 aromatic rings. The number of thioether (sulfide) groups is 1. The Balaban J connectivity index is 2.20. The normalized spacial score (nSPS) is 12.3. The lowest BCUT2D eigenvalue weighted by molar-refractivity contribution is -0.140. The van der Waals surface area contributed by atoms with Crippen LogP contribution in [0.15, 0.2) is 42.5 Å². The van der Waals surface area contributed by atoms with Crippen LogP contribution in [0.1, 0.15) is 45.2 Å². The van der Waals surface area contributed by atoms with Gasteiger partial charge in [0.15, 0.2) is 0 Å². The zero-order chi connectivity index (χ0) is 23.9. The quantitative estimate of drug-likeness (QED) is 0.409. The second kappa shape index (κ2) is 12.2. The molecule has 0 saturated carbocycles. The molecule has 0 bridgehead atoms. The Hall–Kier alpha value is -1.40. The first kappa shape index (κ1) is 26.8. The molecular formula is C24H29Cl3N2O2S. The summed E-state index contributed by atoms with van der Waals surface area (Å²) >= 11 is 19.9. The lowest BCUT2D eigenvalue weighted by Gasteiger charge is -2.33. The van der Waals surface area contributed by atoms with Gasteiger partial charge in [-0.05, 0) is 62.6 Å². The Kier molecular flexibility index (Phi) is 10.2. The van der Waals surface area contributed by atoms with Crippen molar-refractivity contribution in [2.24, 2.45) is 0 Å². The maximum absolute atomic E-state index is 13.3. The van der Waals surface area contributed by atoms with E-state index in [4.69, 9.17) is 34.8 Å². The standard InChI is InChI=1S/C24H29Cl3N2O2S/c1-5-21(23(31)28-24(2,3)4)29(13-17-9-10-19(26)12-20(17)27)22(30)15-32-14-16-7-6-8-18(25)11-16/h6-12,21H,5,13-15H2,1-4H3,(H,28,31)/t21-/m0/s1. The Morgan fingerprint density at radius 2 is 1.75 bits per heavy atom. The summed E-state index contributed by atoms with van der Waals surface area (Å²) < 4.78 is 0. The lowest BCUT2D eigenvalue weighted by atomic mass is 10.1. The molecule has 0 fully saturated rings. The van der Waals surface area contributed by atoms with E-state index < -0.39 is 11.6 Å². The first-order valence-corrected chi connectivity index (χ1v) is 12.7. The zero-order valence-corrected chi connectivity index (χ0v) is 21.8. The van der Waals surface area contributed by atoms with Gasteiger partial charge >= 0.3 is 0 Å². The fourth-order valence-electron chi connectivity index (χ4n) is 3.17. The molecule has 0 radical (unpaired) electrons. The summed E-state index contributed by atoms with van der Waals surface area (Å²) in [6.07, 6.45) is 0.484. The van der Waals surface area contributed by atoms with Gasteiger partial charge in [-0.2, -0.15) is 0 Å². The van der Waals surface area contributed by atoms with E-state index in [9.17, 15) is 9.59 Å². The first-order valence-electron chi connectivity index (χ1n) is 10.4. The highest BCUT2D eigenvalue weighted by Gasteiger charge is 2.30. The van der Waals surface area contributed by atoms with Crippen LogP contribution in [0.5, 0.6) is 0 Å². The van der Waals surface area contributed by atoms with Crippen molar-refractivity contribution < 1.29 is 9.59 Å². The van der Waals surface area contributed by atoms with E-state index in [1.807, 2.05) is 52.0 Å². The number of benzene rings is 2. The summed E-state index contributed by atoms with van der Waals surface area (Å²) in [7, 11) is 0. The second-order valence-electron chi connectivity index (χ2n) is 8.54. The molecule has 1 atom stereocenters. The van der Waals surface area contributed by atoms with Crippen molar-refractivity contribution in [3.05, 3.63) is 68.7 Å². The number of carbonyl (C=O) groups is 2. The molecule has 0 saturated heterocycles. The van der Waals surface area contributed by atoms with Gasteiger partial charge in [0.1, 0.15) is 6.04 Å². The summed E-state index contributed by atoms with van der Waals surface area (Å²) in [5, 5.41) is 4.65. The fourth-order valence-corrected chi connectivity index (χ4v) is 4.71.